The number of pyridine rings is 1. The second-order valence-corrected chi connectivity index (χ2v) is 4.43. The standard InChI is InChI=1S/C12H16N4O/c1-16-8-15-11-10(16)4-6-14-12(11)17-9-3-2-5-13-7-9/h4,6,8-9,13H,2-3,5,7H2,1H3/t9-/m0/s1. The molecule has 90 valence electrons. The van der Waals surface area contributed by atoms with Crippen molar-refractivity contribution >= 4 is 11.0 Å². The number of nitrogens with one attached hydrogen (secondary N) is 1. The smallest absolute Gasteiger partial charge is 0.242 e. The van der Waals surface area contributed by atoms with Gasteiger partial charge >= 0.3 is 0 Å². The summed E-state index contributed by atoms with van der Waals surface area (Å²) in [6.45, 7) is 1.98. The van der Waals surface area contributed by atoms with Crippen LogP contribution in [0.5, 0.6) is 5.88 Å². The third-order valence-corrected chi connectivity index (χ3v) is 3.14. The monoisotopic (exact) mass is 232 g/mol. The summed E-state index contributed by atoms with van der Waals surface area (Å²) < 4.78 is 7.91. The third-order valence-electron chi connectivity index (χ3n) is 3.14. The lowest BCUT2D eigenvalue weighted by Gasteiger charge is -2.23. The van der Waals surface area contributed by atoms with Crippen molar-refractivity contribution in [2.24, 2.45) is 7.05 Å². The molecule has 0 aliphatic carbocycles. The fourth-order valence-electron chi connectivity index (χ4n) is 2.20. The molecule has 5 heteroatoms. The van der Waals surface area contributed by atoms with Crippen LogP contribution in [0.1, 0.15) is 12.8 Å². The van der Waals surface area contributed by atoms with E-state index in [0.29, 0.717) is 5.88 Å². The highest BCUT2D eigenvalue weighted by Gasteiger charge is 2.17. The number of hydrogen-bond donors (Lipinski definition) is 1. The number of aryl methyl sites for hydroxylation is 1. The molecule has 0 radical (unpaired) electrons. The molecule has 1 saturated heterocycles. The maximum absolute atomic E-state index is 5.93. The Bertz CT molecular complexity index is 516. The zero-order valence-corrected chi connectivity index (χ0v) is 9.89. The van der Waals surface area contributed by atoms with Crippen molar-refractivity contribution in [1.29, 1.82) is 0 Å². The first-order valence-electron chi connectivity index (χ1n) is 5.98. The van der Waals surface area contributed by atoms with Gasteiger partial charge in [-0.25, -0.2) is 9.97 Å². The van der Waals surface area contributed by atoms with Gasteiger partial charge in [-0.3, -0.25) is 0 Å². The molecule has 0 aromatic carbocycles. The van der Waals surface area contributed by atoms with E-state index >= 15 is 0 Å². The SMILES string of the molecule is Cn1cnc2c(O[C@H]3CCCNC3)nccc21. The lowest BCUT2D eigenvalue weighted by atomic mass is 10.1. The Hall–Kier alpha value is -1.62. The van der Waals surface area contributed by atoms with E-state index in [4.69, 9.17) is 4.74 Å². The molecule has 1 aliphatic rings. The number of hydrogen-bond acceptors (Lipinski definition) is 4. The molecule has 17 heavy (non-hydrogen) atoms. The quantitative estimate of drug-likeness (QED) is 0.842. The fourth-order valence-corrected chi connectivity index (χ4v) is 2.20. The first-order valence-corrected chi connectivity index (χ1v) is 5.98. The highest BCUT2D eigenvalue weighted by atomic mass is 16.5. The molecule has 1 fully saturated rings. The van der Waals surface area contributed by atoms with E-state index in [0.717, 1.165) is 37.0 Å². The molecule has 0 unspecified atom stereocenters. The third kappa shape index (κ3) is 1.98. The van der Waals surface area contributed by atoms with E-state index < -0.39 is 0 Å². The summed E-state index contributed by atoms with van der Waals surface area (Å²) in [5.74, 6) is 0.650. The summed E-state index contributed by atoms with van der Waals surface area (Å²) in [6, 6.07) is 1.95. The van der Waals surface area contributed by atoms with Gasteiger partial charge in [0, 0.05) is 19.8 Å². The summed E-state index contributed by atoms with van der Waals surface area (Å²) in [6.07, 6.45) is 6.01. The van der Waals surface area contributed by atoms with Crippen molar-refractivity contribution in [1.82, 2.24) is 19.9 Å². The van der Waals surface area contributed by atoms with E-state index in [1.807, 2.05) is 17.7 Å². The van der Waals surface area contributed by atoms with Crippen LogP contribution in [0, 0.1) is 0 Å². The van der Waals surface area contributed by atoms with E-state index in [2.05, 4.69) is 15.3 Å². The van der Waals surface area contributed by atoms with Crippen molar-refractivity contribution in [3.63, 3.8) is 0 Å². The van der Waals surface area contributed by atoms with E-state index in [1.54, 1.807) is 12.5 Å². The Kier molecular flexibility index (Phi) is 2.68. The number of imidazole rings is 1. The van der Waals surface area contributed by atoms with Crippen LogP contribution in [0.4, 0.5) is 0 Å². The van der Waals surface area contributed by atoms with E-state index in [1.165, 1.54) is 0 Å². The Morgan fingerprint density at radius 2 is 2.41 bits per heavy atom. The Morgan fingerprint density at radius 1 is 1.47 bits per heavy atom. The maximum Gasteiger partial charge on any atom is 0.242 e. The van der Waals surface area contributed by atoms with E-state index in [-0.39, 0.29) is 6.10 Å². The van der Waals surface area contributed by atoms with Crippen LogP contribution in [0.25, 0.3) is 11.0 Å². The number of ether oxygens (including phenoxy) is 1. The Morgan fingerprint density at radius 3 is 3.24 bits per heavy atom. The second-order valence-electron chi connectivity index (χ2n) is 4.43. The fraction of sp³-hybridized carbons (Fsp3) is 0.500. The normalized spacial score (nSPS) is 20.6. The van der Waals surface area contributed by atoms with Gasteiger partial charge in [0.15, 0.2) is 5.52 Å². The first-order chi connectivity index (χ1) is 8.34. The summed E-state index contributed by atoms with van der Waals surface area (Å²) in [5, 5.41) is 3.33. The van der Waals surface area contributed by atoms with Gasteiger partial charge < -0.3 is 14.6 Å². The van der Waals surface area contributed by atoms with Crippen molar-refractivity contribution in [2.45, 2.75) is 18.9 Å². The number of nitrogens with zero attached hydrogens (tertiary/aromatic N) is 3. The molecule has 0 saturated carbocycles. The molecule has 3 heterocycles. The van der Waals surface area contributed by atoms with Crippen molar-refractivity contribution in [3.05, 3.63) is 18.6 Å². The number of piperidine rings is 1. The minimum atomic E-state index is 0.212. The first kappa shape index (κ1) is 10.5. The number of rotatable bonds is 2. The minimum absolute atomic E-state index is 0.212. The minimum Gasteiger partial charge on any atom is -0.471 e. The molecule has 3 rings (SSSR count). The van der Waals surface area contributed by atoms with Crippen LogP contribution in [0.15, 0.2) is 18.6 Å². The van der Waals surface area contributed by atoms with Crippen LogP contribution in [0.3, 0.4) is 0 Å². The average Bonchev–Trinajstić information content (AvgIpc) is 2.74. The summed E-state index contributed by atoms with van der Waals surface area (Å²) in [5.41, 5.74) is 1.90. The predicted octanol–water partition coefficient (Wildman–Crippen LogP) is 1.10. The van der Waals surface area contributed by atoms with Crippen molar-refractivity contribution < 1.29 is 4.74 Å². The highest BCUT2D eigenvalue weighted by molar-refractivity contribution is 5.79. The topological polar surface area (TPSA) is 52.0 Å². The maximum atomic E-state index is 5.93. The molecule has 2 aromatic rings. The molecule has 1 N–H and O–H groups in total. The van der Waals surface area contributed by atoms with Crippen LogP contribution < -0.4 is 10.1 Å². The molecule has 0 amide bonds. The van der Waals surface area contributed by atoms with Crippen LogP contribution in [0.2, 0.25) is 0 Å². The van der Waals surface area contributed by atoms with Gasteiger partial charge in [0.1, 0.15) is 6.10 Å². The molecule has 0 spiro atoms. The molecule has 0 bridgehead atoms. The molecular formula is C12H16N4O. The Balaban J connectivity index is 1.89. The average molecular weight is 232 g/mol. The van der Waals surface area contributed by atoms with Gasteiger partial charge in [0.2, 0.25) is 5.88 Å². The van der Waals surface area contributed by atoms with Gasteiger partial charge in [-0.15, -0.1) is 0 Å². The van der Waals surface area contributed by atoms with Crippen molar-refractivity contribution in [2.75, 3.05) is 13.1 Å². The zero-order chi connectivity index (χ0) is 11.7. The summed E-state index contributed by atoms with van der Waals surface area (Å²) in [4.78, 5) is 8.63. The number of aromatic nitrogens is 3. The second kappa shape index (κ2) is 4.33. The molecule has 1 aliphatic heterocycles. The lowest BCUT2D eigenvalue weighted by Crippen LogP contribution is -2.37. The van der Waals surface area contributed by atoms with Gasteiger partial charge in [-0.05, 0) is 25.5 Å². The van der Waals surface area contributed by atoms with Crippen molar-refractivity contribution in [3.8, 4) is 5.88 Å². The van der Waals surface area contributed by atoms with Gasteiger partial charge in [0.05, 0.1) is 11.8 Å². The van der Waals surface area contributed by atoms with Gasteiger partial charge in [-0.2, -0.15) is 0 Å². The van der Waals surface area contributed by atoms with Crippen LogP contribution in [-0.2, 0) is 7.05 Å². The molecule has 5 nitrogen and oxygen atoms in total. The largest absolute Gasteiger partial charge is 0.471 e. The Labute approximate surface area is 99.8 Å². The number of fused-ring (bicyclic) bond motifs is 1. The summed E-state index contributed by atoms with van der Waals surface area (Å²) in [7, 11) is 1.97. The van der Waals surface area contributed by atoms with Gasteiger partial charge in [-0.1, -0.05) is 0 Å². The predicted molar refractivity (Wildman–Crippen MR) is 65.0 cm³/mol. The lowest BCUT2D eigenvalue weighted by molar-refractivity contribution is 0.162. The highest BCUT2D eigenvalue weighted by Crippen LogP contribution is 2.22. The molecular weight excluding hydrogens is 216 g/mol. The zero-order valence-electron chi connectivity index (χ0n) is 9.89. The van der Waals surface area contributed by atoms with Crippen LogP contribution in [-0.4, -0.2) is 33.7 Å². The summed E-state index contributed by atoms with van der Waals surface area (Å²) >= 11 is 0. The van der Waals surface area contributed by atoms with Crippen LogP contribution >= 0.6 is 0 Å². The van der Waals surface area contributed by atoms with Gasteiger partial charge in [0.25, 0.3) is 0 Å². The van der Waals surface area contributed by atoms with E-state index in [9.17, 15) is 0 Å². The molecule has 2 aromatic heterocycles. The molecule has 1 atom stereocenters.